The van der Waals surface area contributed by atoms with Gasteiger partial charge >= 0.3 is 0 Å². The fourth-order valence-corrected chi connectivity index (χ4v) is 4.82. The van der Waals surface area contributed by atoms with Gasteiger partial charge in [-0.1, -0.05) is 38.5 Å². The molecular weight excluding hydrogens is 296 g/mol. The number of nitrogens with one attached hydrogen (secondary N) is 2. The van der Waals surface area contributed by atoms with Gasteiger partial charge in [0, 0.05) is 11.6 Å². The monoisotopic (exact) mass is 329 g/mol. The Bertz CT molecular complexity index is 579. The van der Waals surface area contributed by atoms with Gasteiger partial charge in [-0.2, -0.15) is 0 Å². The van der Waals surface area contributed by atoms with Crippen molar-refractivity contribution in [2.75, 3.05) is 18.4 Å². The van der Waals surface area contributed by atoms with Crippen LogP contribution < -0.4 is 10.2 Å². The van der Waals surface area contributed by atoms with E-state index >= 15 is 0 Å². The Morgan fingerprint density at radius 3 is 2.75 bits per heavy atom. The zero-order valence-electron chi connectivity index (χ0n) is 15.5. The molecule has 1 saturated heterocycles. The number of piperidine rings is 1. The molecule has 2 fully saturated rings. The second-order valence-electron chi connectivity index (χ2n) is 8.12. The van der Waals surface area contributed by atoms with Crippen LogP contribution in [0.4, 0.5) is 5.69 Å². The highest BCUT2D eigenvalue weighted by atomic mass is 16.2. The van der Waals surface area contributed by atoms with Crippen molar-refractivity contribution in [2.24, 2.45) is 5.92 Å². The number of anilines is 1. The van der Waals surface area contributed by atoms with E-state index in [0.717, 1.165) is 17.6 Å². The molecule has 1 heterocycles. The standard InChI is InChI=1S/C21H32N2O/c1-15(2)18-11-6-8-16(3)21(18)22-20(24)14-23-13-7-10-17-9-4-5-12-19(17)23/h6,8,11,15,17,19H,4-5,7,9-10,12-14H2,1-3H3,(H,22,24)/p+1/t17-,19-/m0/s1. The fourth-order valence-electron chi connectivity index (χ4n) is 4.82. The van der Waals surface area contributed by atoms with Gasteiger partial charge in [-0.25, -0.2) is 0 Å². The number of fused-ring (bicyclic) bond motifs is 1. The third-order valence-electron chi connectivity index (χ3n) is 6.09. The molecule has 0 aromatic heterocycles. The fraction of sp³-hybridized carbons (Fsp3) is 0.667. The van der Waals surface area contributed by atoms with Crippen LogP contribution >= 0.6 is 0 Å². The maximum Gasteiger partial charge on any atom is 0.279 e. The quantitative estimate of drug-likeness (QED) is 0.873. The molecule has 0 bridgehead atoms. The predicted octanol–water partition coefficient (Wildman–Crippen LogP) is 3.29. The average molecular weight is 330 g/mol. The molecule has 1 amide bonds. The molecule has 3 nitrogen and oxygen atoms in total. The molecule has 1 aromatic rings. The smallest absolute Gasteiger partial charge is 0.279 e. The van der Waals surface area contributed by atoms with Crippen molar-refractivity contribution in [2.45, 2.75) is 71.3 Å². The van der Waals surface area contributed by atoms with Gasteiger partial charge in [-0.05, 0) is 56.1 Å². The van der Waals surface area contributed by atoms with E-state index in [1.165, 1.54) is 61.1 Å². The lowest BCUT2D eigenvalue weighted by Gasteiger charge is -2.40. The van der Waals surface area contributed by atoms with E-state index in [0.29, 0.717) is 12.5 Å². The van der Waals surface area contributed by atoms with Gasteiger partial charge in [0.2, 0.25) is 0 Å². The van der Waals surface area contributed by atoms with E-state index < -0.39 is 0 Å². The van der Waals surface area contributed by atoms with Crippen molar-refractivity contribution in [3.05, 3.63) is 29.3 Å². The van der Waals surface area contributed by atoms with Crippen LogP contribution in [0.25, 0.3) is 0 Å². The van der Waals surface area contributed by atoms with Gasteiger partial charge in [0.1, 0.15) is 0 Å². The molecule has 3 heteroatoms. The van der Waals surface area contributed by atoms with Crippen molar-refractivity contribution in [1.29, 1.82) is 0 Å². The summed E-state index contributed by atoms with van der Waals surface area (Å²) in [6.45, 7) is 8.26. The van der Waals surface area contributed by atoms with Crippen molar-refractivity contribution in [3.63, 3.8) is 0 Å². The van der Waals surface area contributed by atoms with E-state index in [4.69, 9.17) is 0 Å². The number of quaternary nitrogens is 1. The van der Waals surface area contributed by atoms with Crippen molar-refractivity contribution in [1.82, 2.24) is 0 Å². The highest BCUT2D eigenvalue weighted by Gasteiger charge is 2.37. The highest BCUT2D eigenvalue weighted by molar-refractivity contribution is 5.93. The molecule has 0 spiro atoms. The summed E-state index contributed by atoms with van der Waals surface area (Å²) in [5.41, 5.74) is 3.44. The minimum atomic E-state index is 0.187. The topological polar surface area (TPSA) is 33.5 Å². The summed E-state index contributed by atoms with van der Waals surface area (Å²) >= 11 is 0. The van der Waals surface area contributed by atoms with Gasteiger partial charge in [0.15, 0.2) is 6.54 Å². The minimum Gasteiger partial charge on any atom is -0.324 e. The van der Waals surface area contributed by atoms with Crippen LogP contribution in [0.3, 0.4) is 0 Å². The summed E-state index contributed by atoms with van der Waals surface area (Å²) in [5.74, 6) is 1.47. The van der Waals surface area contributed by atoms with Crippen LogP contribution in [0, 0.1) is 12.8 Å². The van der Waals surface area contributed by atoms with E-state index in [1.54, 1.807) is 0 Å². The molecular formula is C21H33N2O+. The Morgan fingerprint density at radius 1 is 1.21 bits per heavy atom. The first-order valence-electron chi connectivity index (χ1n) is 9.80. The highest BCUT2D eigenvalue weighted by Crippen LogP contribution is 2.29. The molecule has 24 heavy (non-hydrogen) atoms. The van der Waals surface area contributed by atoms with E-state index in [-0.39, 0.29) is 5.91 Å². The summed E-state index contributed by atoms with van der Waals surface area (Å²) in [6, 6.07) is 7.03. The zero-order valence-corrected chi connectivity index (χ0v) is 15.5. The zero-order chi connectivity index (χ0) is 17.1. The maximum atomic E-state index is 12.8. The van der Waals surface area contributed by atoms with Crippen molar-refractivity contribution in [3.8, 4) is 0 Å². The Hall–Kier alpha value is -1.35. The van der Waals surface area contributed by atoms with Crippen LogP contribution in [0.2, 0.25) is 0 Å². The molecule has 2 aliphatic rings. The maximum absolute atomic E-state index is 12.8. The molecule has 1 aromatic carbocycles. The average Bonchev–Trinajstić information content (AvgIpc) is 2.57. The molecule has 1 aliphatic carbocycles. The first kappa shape index (κ1) is 17.5. The second kappa shape index (κ2) is 7.69. The molecule has 132 valence electrons. The number of benzene rings is 1. The summed E-state index contributed by atoms with van der Waals surface area (Å²) in [4.78, 5) is 14.3. The molecule has 1 aliphatic heterocycles. The predicted molar refractivity (Wildman–Crippen MR) is 99.6 cm³/mol. The molecule has 0 radical (unpaired) electrons. The third-order valence-corrected chi connectivity index (χ3v) is 6.09. The van der Waals surface area contributed by atoms with E-state index in [1.807, 2.05) is 0 Å². The molecule has 3 rings (SSSR count). The number of hydrogen-bond donors (Lipinski definition) is 2. The largest absolute Gasteiger partial charge is 0.324 e. The number of carbonyl (C=O) groups excluding carboxylic acids is 1. The lowest BCUT2D eigenvalue weighted by Crippen LogP contribution is -3.18. The van der Waals surface area contributed by atoms with E-state index in [9.17, 15) is 4.79 Å². The number of carbonyl (C=O) groups is 1. The van der Waals surface area contributed by atoms with Crippen LogP contribution in [-0.4, -0.2) is 25.0 Å². The number of rotatable bonds is 4. The minimum absolute atomic E-state index is 0.187. The van der Waals surface area contributed by atoms with Gasteiger partial charge < -0.3 is 10.2 Å². The molecule has 1 saturated carbocycles. The number of para-hydroxylation sites is 1. The molecule has 3 atom stereocenters. The first-order valence-corrected chi connectivity index (χ1v) is 9.80. The molecule has 2 N–H and O–H groups in total. The number of aryl methyl sites for hydroxylation is 1. The summed E-state index contributed by atoms with van der Waals surface area (Å²) in [7, 11) is 0. The van der Waals surface area contributed by atoms with Gasteiger partial charge in [-0.15, -0.1) is 0 Å². The number of amides is 1. The number of hydrogen-bond acceptors (Lipinski definition) is 1. The van der Waals surface area contributed by atoms with Crippen LogP contribution in [0.5, 0.6) is 0 Å². The van der Waals surface area contributed by atoms with Gasteiger partial charge in [0.05, 0.1) is 12.6 Å². The summed E-state index contributed by atoms with van der Waals surface area (Å²) < 4.78 is 0. The van der Waals surface area contributed by atoms with E-state index in [2.05, 4.69) is 44.3 Å². The SMILES string of the molecule is Cc1cccc(C(C)C)c1NC(=O)C[NH+]1CCC[C@@H]2CCCC[C@@H]21. The van der Waals surface area contributed by atoms with Gasteiger partial charge in [-0.3, -0.25) is 4.79 Å². The lowest BCUT2D eigenvalue weighted by molar-refractivity contribution is -0.928. The third kappa shape index (κ3) is 3.83. The van der Waals surface area contributed by atoms with Crippen LogP contribution in [-0.2, 0) is 4.79 Å². The number of likely N-dealkylation sites (tertiary alicyclic amines) is 1. The van der Waals surface area contributed by atoms with Crippen LogP contribution in [0.15, 0.2) is 18.2 Å². The van der Waals surface area contributed by atoms with Crippen LogP contribution in [0.1, 0.15) is 69.4 Å². The Kier molecular flexibility index (Phi) is 5.60. The second-order valence-corrected chi connectivity index (χ2v) is 8.12. The van der Waals surface area contributed by atoms with Gasteiger partial charge in [0.25, 0.3) is 5.91 Å². The normalized spacial score (nSPS) is 26.9. The lowest BCUT2D eigenvalue weighted by atomic mass is 9.78. The van der Waals surface area contributed by atoms with Crippen molar-refractivity contribution >= 4 is 11.6 Å². The summed E-state index contributed by atoms with van der Waals surface area (Å²) in [6.07, 6.45) is 8.10. The van der Waals surface area contributed by atoms with Crippen molar-refractivity contribution < 1.29 is 9.69 Å². The Labute approximate surface area is 146 Å². The Balaban J connectivity index is 1.67. The Morgan fingerprint density at radius 2 is 1.96 bits per heavy atom. The summed E-state index contributed by atoms with van der Waals surface area (Å²) in [5, 5.41) is 3.24. The first-order chi connectivity index (χ1) is 11.6. The molecule has 1 unspecified atom stereocenters.